The molecule has 4 aliphatic rings. The number of Topliss-reactive ketones (excluding diaryl/α,β-unsaturated/α-hetero) is 2. The summed E-state index contributed by atoms with van der Waals surface area (Å²) in [7, 11) is 0. The molecule has 4 saturated carbocycles. The van der Waals surface area contributed by atoms with Crippen LogP contribution in [0.3, 0.4) is 0 Å². The molecule has 86 valence electrons. The predicted molar refractivity (Wildman–Crippen MR) is 53.6 cm³/mol. The first-order valence-corrected chi connectivity index (χ1v) is 5.82. The Morgan fingerprint density at radius 3 is 2.25 bits per heavy atom. The maximum absolute atomic E-state index is 12.2. The minimum atomic E-state index is -0.914. The van der Waals surface area contributed by atoms with Gasteiger partial charge in [-0.25, -0.2) is 0 Å². The Morgan fingerprint density at radius 2 is 1.75 bits per heavy atom. The molecule has 1 N–H and O–H groups in total. The Labute approximate surface area is 93.0 Å². The Bertz CT molecular complexity index is 380. The van der Waals surface area contributed by atoms with Crippen LogP contribution in [0.2, 0.25) is 0 Å². The third kappa shape index (κ3) is 1.13. The van der Waals surface area contributed by atoms with E-state index >= 15 is 0 Å². The van der Waals surface area contributed by atoms with Crippen LogP contribution in [0.15, 0.2) is 0 Å². The number of carboxylic acid groups (broad SMARTS) is 1. The standard InChI is InChI=1S/C12H14O4/c13-9(14)5-12-3-7-1-6(11(12)16)2-8(4-12)10(7)15/h6-8H,1-5H2,(H,13,14). The number of hydrogen-bond donors (Lipinski definition) is 1. The van der Waals surface area contributed by atoms with Crippen LogP contribution in [0.5, 0.6) is 0 Å². The van der Waals surface area contributed by atoms with Crippen molar-refractivity contribution < 1.29 is 19.5 Å². The van der Waals surface area contributed by atoms with Gasteiger partial charge in [-0.3, -0.25) is 14.4 Å². The molecule has 0 radical (unpaired) electrons. The lowest BCUT2D eigenvalue weighted by atomic mass is 9.47. The highest BCUT2D eigenvalue weighted by Gasteiger charge is 2.60. The highest BCUT2D eigenvalue weighted by molar-refractivity contribution is 5.99. The molecule has 0 heterocycles. The van der Waals surface area contributed by atoms with E-state index < -0.39 is 11.4 Å². The smallest absolute Gasteiger partial charge is 0.304 e. The van der Waals surface area contributed by atoms with Crippen molar-refractivity contribution in [3.05, 3.63) is 0 Å². The monoisotopic (exact) mass is 222 g/mol. The van der Waals surface area contributed by atoms with Crippen LogP contribution in [0.1, 0.15) is 32.1 Å². The number of rotatable bonds is 2. The third-order valence-corrected chi connectivity index (χ3v) is 4.60. The summed E-state index contributed by atoms with van der Waals surface area (Å²) >= 11 is 0. The molecule has 4 fully saturated rings. The van der Waals surface area contributed by atoms with Crippen LogP contribution >= 0.6 is 0 Å². The molecule has 2 atom stereocenters. The second-order valence-corrected chi connectivity index (χ2v) is 5.59. The lowest BCUT2D eigenvalue weighted by Crippen LogP contribution is -2.57. The fourth-order valence-corrected chi connectivity index (χ4v) is 4.11. The van der Waals surface area contributed by atoms with E-state index in [4.69, 9.17) is 5.11 Å². The first-order chi connectivity index (χ1) is 7.52. The van der Waals surface area contributed by atoms with Crippen LogP contribution in [0.25, 0.3) is 0 Å². The van der Waals surface area contributed by atoms with E-state index in [0.29, 0.717) is 25.7 Å². The van der Waals surface area contributed by atoms with Crippen molar-refractivity contribution in [2.75, 3.05) is 0 Å². The second kappa shape index (κ2) is 2.93. The number of carboxylic acids is 1. The van der Waals surface area contributed by atoms with Crippen molar-refractivity contribution in [1.82, 2.24) is 0 Å². The van der Waals surface area contributed by atoms with E-state index in [0.717, 1.165) is 0 Å². The topological polar surface area (TPSA) is 71.4 Å². The van der Waals surface area contributed by atoms with E-state index in [-0.39, 0.29) is 35.7 Å². The fraction of sp³-hybridized carbons (Fsp3) is 0.750. The Hall–Kier alpha value is -1.19. The van der Waals surface area contributed by atoms with E-state index in [2.05, 4.69) is 0 Å². The number of hydrogen-bond acceptors (Lipinski definition) is 3. The Balaban J connectivity index is 1.98. The zero-order valence-electron chi connectivity index (χ0n) is 8.94. The SMILES string of the molecule is O=C(O)CC12CC3CC(CC(C1)C3=O)C2=O. The molecule has 4 bridgehead atoms. The van der Waals surface area contributed by atoms with Gasteiger partial charge < -0.3 is 5.11 Å². The highest BCUT2D eigenvalue weighted by Crippen LogP contribution is 2.57. The number of carbonyl (C=O) groups is 3. The molecule has 16 heavy (non-hydrogen) atoms. The molecule has 0 aromatic heterocycles. The van der Waals surface area contributed by atoms with Crippen LogP contribution in [0, 0.1) is 23.2 Å². The van der Waals surface area contributed by atoms with Crippen LogP contribution < -0.4 is 0 Å². The number of carbonyl (C=O) groups excluding carboxylic acids is 2. The van der Waals surface area contributed by atoms with Crippen molar-refractivity contribution in [1.29, 1.82) is 0 Å². The first-order valence-electron chi connectivity index (χ1n) is 5.82. The van der Waals surface area contributed by atoms with Gasteiger partial charge in [0.1, 0.15) is 11.6 Å². The van der Waals surface area contributed by atoms with Crippen LogP contribution in [-0.4, -0.2) is 22.6 Å². The van der Waals surface area contributed by atoms with E-state index in [1.165, 1.54) is 0 Å². The summed E-state index contributed by atoms with van der Waals surface area (Å²) in [5.74, 6) is -0.610. The third-order valence-electron chi connectivity index (χ3n) is 4.60. The van der Waals surface area contributed by atoms with E-state index in [1.807, 2.05) is 0 Å². The van der Waals surface area contributed by atoms with E-state index in [9.17, 15) is 14.4 Å². The summed E-state index contributed by atoms with van der Waals surface area (Å²) in [6.45, 7) is 0. The van der Waals surface area contributed by atoms with Gasteiger partial charge in [0.05, 0.1) is 6.42 Å². The van der Waals surface area contributed by atoms with Gasteiger partial charge in [-0.05, 0) is 25.7 Å². The summed E-state index contributed by atoms with van der Waals surface area (Å²) in [6.07, 6.45) is 2.25. The highest BCUT2D eigenvalue weighted by atomic mass is 16.4. The Kier molecular flexibility index (Phi) is 1.83. The molecule has 0 saturated heterocycles. The zero-order chi connectivity index (χ0) is 11.5. The maximum Gasteiger partial charge on any atom is 0.304 e. The van der Waals surface area contributed by atoms with Crippen molar-refractivity contribution in [2.45, 2.75) is 32.1 Å². The summed E-state index contributed by atoms with van der Waals surface area (Å²) in [5, 5.41) is 8.92. The van der Waals surface area contributed by atoms with Crippen molar-refractivity contribution in [3.8, 4) is 0 Å². The Morgan fingerprint density at radius 1 is 1.19 bits per heavy atom. The molecule has 4 rings (SSSR count). The number of ketones is 2. The van der Waals surface area contributed by atoms with E-state index in [1.54, 1.807) is 0 Å². The molecule has 4 heteroatoms. The lowest BCUT2D eigenvalue weighted by Gasteiger charge is -2.53. The number of aliphatic carboxylic acids is 1. The van der Waals surface area contributed by atoms with Crippen LogP contribution in [0.4, 0.5) is 0 Å². The molecule has 0 spiro atoms. The average Bonchev–Trinajstić information content (AvgIpc) is 2.16. The van der Waals surface area contributed by atoms with Crippen molar-refractivity contribution in [2.24, 2.45) is 23.2 Å². The average molecular weight is 222 g/mol. The normalized spacial score (nSPS) is 45.1. The molecule has 0 aromatic rings. The summed E-state index contributed by atoms with van der Waals surface area (Å²) < 4.78 is 0. The largest absolute Gasteiger partial charge is 0.481 e. The molecular formula is C12H14O4. The maximum atomic E-state index is 12.2. The van der Waals surface area contributed by atoms with Gasteiger partial charge in [-0.1, -0.05) is 0 Å². The molecule has 4 aliphatic carbocycles. The zero-order valence-corrected chi connectivity index (χ0v) is 8.94. The molecule has 0 aliphatic heterocycles. The molecule has 0 amide bonds. The molecule has 2 unspecified atom stereocenters. The van der Waals surface area contributed by atoms with Crippen molar-refractivity contribution >= 4 is 17.5 Å². The van der Waals surface area contributed by atoms with Gasteiger partial charge in [0.2, 0.25) is 0 Å². The quantitative estimate of drug-likeness (QED) is 0.757. The van der Waals surface area contributed by atoms with Gasteiger partial charge >= 0.3 is 5.97 Å². The fourth-order valence-electron chi connectivity index (χ4n) is 4.11. The second-order valence-electron chi connectivity index (χ2n) is 5.59. The van der Waals surface area contributed by atoms with Gasteiger partial charge in [0, 0.05) is 23.2 Å². The summed E-state index contributed by atoms with van der Waals surface area (Å²) in [6, 6.07) is 0. The molecule has 4 nitrogen and oxygen atoms in total. The van der Waals surface area contributed by atoms with Gasteiger partial charge in [-0.15, -0.1) is 0 Å². The summed E-state index contributed by atoms with van der Waals surface area (Å²) in [4.78, 5) is 34.9. The van der Waals surface area contributed by atoms with Crippen molar-refractivity contribution in [3.63, 3.8) is 0 Å². The predicted octanol–water partition coefficient (Wildman–Crippen LogP) is 1.04. The van der Waals surface area contributed by atoms with Gasteiger partial charge in [-0.2, -0.15) is 0 Å². The van der Waals surface area contributed by atoms with Crippen LogP contribution in [-0.2, 0) is 14.4 Å². The molecule has 0 aromatic carbocycles. The minimum absolute atomic E-state index is 0.0328. The lowest BCUT2D eigenvalue weighted by molar-refractivity contribution is -0.166. The first kappa shape index (κ1) is 10.00. The van der Waals surface area contributed by atoms with Gasteiger partial charge in [0.25, 0.3) is 0 Å². The summed E-state index contributed by atoms with van der Waals surface area (Å²) in [5.41, 5.74) is -0.698. The van der Waals surface area contributed by atoms with Gasteiger partial charge in [0.15, 0.2) is 0 Å². The minimum Gasteiger partial charge on any atom is -0.481 e. The molecular weight excluding hydrogens is 208 g/mol.